The van der Waals surface area contributed by atoms with Gasteiger partial charge in [0.15, 0.2) is 0 Å². The van der Waals surface area contributed by atoms with Crippen LogP contribution in [-0.2, 0) is 10.0 Å². The summed E-state index contributed by atoms with van der Waals surface area (Å²) in [6.45, 7) is 3.77. The minimum absolute atomic E-state index is 0.00900. The fourth-order valence-electron chi connectivity index (χ4n) is 1.78. The van der Waals surface area contributed by atoms with Crippen LogP contribution in [0.15, 0.2) is 29.2 Å². The third kappa shape index (κ3) is 2.22. The Bertz CT molecular complexity index is 704. The van der Waals surface area contributed by atoms with Crippen molar-refractivity contribution >= 4 is 15.7 Å². The average Bonchev–Trinajstić information content (AvgIpc) is 2.56. The van der Waals surface area contributed by atoms with Crippen molar-refractivity contribution in [1.82, 2.24) is 9.78 Å². The summed E-state index contributed by atoms with van der Waals surface area (Å²) < 4.78 is 24.1. The van der Waals surface area contributed by atoms with Gasteiger partial charge in [-0.15, -0.1) is 0 Å². The van der Waals surface area contributed by atoms with E-state index in [0.29, 0.717) is 11.4 Å². The van der Waals surface area contributed by atoms with Crippen LogP contribution in [0, 0.1) is 13.8 Å². The normalized spacial score (nSPS) is 11.7. The molecule has 2 aromatic rings. The Morgan fingerprint density at radius 3 is 2.33 bits per heavy atom. The third-order valence-electron chi connectivity index (χ3n) is 2.57. The van der Waals surface area contributed by atoms with Gasteiger partial charge < -0.3 is 5.73 Å². The number of anilines is 1. The molecule has 0 saturated carbocycles. The van der Waals surface area contributed by atoms with E-state index < -0.39 is 10.0 Å². The number of benzene rings is 1. The molecule has 0 bridgehead atoms. The Balaban J connectivity index is 2.58. The molecule has 0 fully saturated rings. The van der Waals surface area contributed by atoms with Gasteiger partial charge in [0, 0.05) is 5.69 Å². The van der Waals surface area contributed by atoms with E-state index in [4.69, 9.17) is 10.9 Å². The van der Waals surface area contributed by atoms with Crippen LogP contribution >= 0.6 is 0 Å². The zero-order chi connectivity index (χ0) is 13.5. The van der Waals surface area contributed by atoms with Crippen LogP contribution < -0.4 is 10.9 Å². The number of primary sulfonamides is 1. The lowest BCUT2D eigenvalue weighted by Crippen LogP contribution is -2.13. The number of sulfonamides is 1. The number of nitrogen functional groups attached to an aromatic ring is 1. The number of nitrogens with two attached hydrogens (primary N) is 2. The molecule has 0 radical (unpaired) electrons. The number of hydrogen-bond donors (Lipinski definition) is 2. The minimum Gasteiger partial charge on any atom is -0.397 e. The van der Waals surface area contributed by atoms with E-state index in [1.165, 1.54) is 12.1 Å². The van der Waals surface area contributed by atoms with E-state index in [0.717, 1.165) is 11.4 Å². The molecule has 0 amide bonds. The Hall–Kier alpha value is -1.86. The molecule has 18 heavy (non-hydrogen) atoms. The zero-order valence-electron chi connectivity index (χ0n) is 10.1. The van der Waals surface area contributed by atoms with Gasteiger partial charge in [-0.3, -0.25) is 0 Å². The first-order valence-corrected chi connectivity index (χ1v) is 6.79. The summed E-state index contributed by atoms with van der Waals surface area (Å²) in [7, 11) is -3.74. The summed E-state index contributed by atoms with van der Waals surface area (Å²) in [4.78, 5) is -0.00900. The predicted molar refractivity (Wildman–Crippen MR) is 68.8 cm³/mol. The molecule has 7 heteroatoms. The third-order valence-corrected chi connectivity index (χ3v) is 3.48. The van der Waals surface area contributed by atoms with Crippen LogP contribution in [0.25, 0.3) is 5.69 Å². The van der Waals surface area contributed by atoms with Gasteiger partial charge >= 0.3 is 0 Å². The van der Waals surface area contributed by atoms with Crippen LogP contribution in [0.1, 0.15) is 11.4 Å². The molecule has 6 nitrogen and oxygen atoms in total. The van der Waals surface area contributed by atoms with E-state index in [-0.39, 0.29) is 4.90 Å². The quantitative estimate of drug-likeness (QED) is 0.781. The molecular formula is C11H14N4O2S. The summed E-state index contributed by atoms with van der Waals surface area (Å²) in [6, 6.07) is 6.25. The summed E-state index contributed by atoms with van der Waals surface area (Å²) in [5, 5.41) is 9.33. The SMILES string of the molecule is Cc1cc(C)n(-c2ccc(S(N)(=O)=O)cc2N)n1. The lowest BCUT2D eigenvalue weighted by molar-refractivity contribution is 0.598. The van der Waals surface area contributed by atoms with Crippen LogP contribution in [-0.4, -0.2) is 18.2 Å². The molecule has 0 aliphatic carbocycles. The van der Waals surface area contributed by atoms with E-state index in [1.54, 1.807) is 10.7 Å². The van der Waals surface area contributed by atoms with Gasteiger partial charge in [0.25, 0.3) is 0 Å². The van der Waals surface area contributed by atoms with Crippen molar-refractivity contribution in [1.29, 1.82) is 0 Å². The lowest BCUT2D eigenvalue weighted by atomic mass is 10.2. The summed E-state index contributed by atoms with van der Waals surface area (Å²) in [5.41, 5.74) is 8.57. The van der Waals surface area contributed by atoms with Crippen molar-refractivity contribution in [2.75, 3.05) is 5.73 Å². The van der Waals surface area contributed by atoms with Crippen molar-refractivity contribution in [2.45, 2.75) is 18.7 Å². The highest BCUT2D eigenvalue weighted by molar-refractivity contribution is 7.89. The van der Waals surface area contributed by atoms with E-state index >= 15 is 0 Å². The molecule has 1 heterocycles. The predicted octanol–water partition coefficient (Wildman–Crippen LogP) is 0.719. The van der Waals surface area contributed by atoms with Gasteiger partial charge in [0.2, 0.25) is 10.0 Å². The first-order chi connectivity index (χ1) is 8.29. The van der Waals surface area contributed by atoms with E-state index in [9.17, 15) is 8.42 Å². The molecule has 1 aromatic carbocycles. The fourth-order valence-corrected chi connectivity index (χ4v) is 2.32. The van der Waals surface area contributed by atoms with Crippen molar-refractivity contribution < 1.29 is 8.42 Å². The molecule has 96 valence electrons. The largest absolute Gasteiger partial charge is 0.397 e. The van der Waals surface area contributed by atoms with Gasteiger partial charge in [-0.25, -0.2) is 18.2 Å². The van der Waals surface area contributed by atoms with Crippen LogP contribution in [0.3, 0.4) is 0 Å². The van der Waals surface area contributed by atoms with Crippen molar-refractivity contribution in [2.24, 2.45) is 5.14 Å². The molecule has 0 unspecified atom stereocenters. The summed E-state index contributed by atoms with van der Waals surface area (Å²) in [5.74, 6) is 0. The first kappa shape index (κ1) is 12.6. The monoisotopic (exact) mass is 266 g/mol. The molecule has 2 rings (SSSR count). The van der Waals surface area contributed by atoms with Crippen molar-refractivity contribution in [3.05, 3.63) is 35.7 Å². The highest BCUT2D eigenvalue weighted by Gasteiger charge is 2.12. The summed E-state index contributed by atoms with van der Waals surface area (Å²) >= 11 is 0. The van der Waals surface area contributed by atoms with Crippen LogP contribution in [0.4, 0.5) is 5.69 Å². The number of aryl methyl sites for hydroxylation is 2. The topological polar surface area (TPSA) is 104 Å². The van der Waals surface area contributed by atoms with Gasteiger partial charge in [-0.1, -0.05) is 0 Å². The second-order valence-corrected chi connectivity index (χ2v) is 5.67. The zero-order valence-corrected chi connectivity index (χ0v) is 10.9. The highest BCUT2D eigenvalue weighted by Crippen LogP contribution is 2.22. The first-order valence-electron chi connectivity index (χ1n) is 5.25. The molecule has 0 saturated heterocycles. The number of hydrogen-bond acceptors (Lipinski definition) is 4. The van der Waals surface area contributed by atoms with Gasteiger partial charge in [0.1, 0.15) is 0 Å². The maximum Gasteiger partial charge on any atom is 0.238 e. The standard InChI is InChI=1S/C11H14N4O2S/c1-7-5-8(2)15(14-7)11-4-3-9(6-10(11)12)18(13,16)17/h3-6H,12H2,1-2H3,(H2,13,16,17). The number of rotatable bonds is 2. The van der Waals surface area contributed by atoms with Gasteiger partial charge in [-0.2, -0.15) is 5.10 Å². The van der Waals surface area contributed by atoms with Gasteiger partial charge in [-0.05, 0) is 38.1 Å². The van der Waals surface area contributed by atoms with Crippen LogP contribution in [0.5, 0.6) is 0 Å². The maximum atomic E-state index is 11.2. The maximum absolute atomic E-state index is 11.2. The Morgan fingerprint density at radius 1 is 1.22 bits per heavy atom. The van der Waals surface area contributed by atoms with Gasteiger partial charge in [0.05, 0.1) is 22.0 Å². The summed E-state index contributed by atoms with van der Waals surface area (Å²) in [6.07, 6.45) is 0. The van der Waals surface area contributed by atoms with E-state index in [1.807, 2.05) is 19.9 Å². The molecule has 0 atom stereocenters. The molecule has 0 aliphatic rings. The van der Waals surface area contributed by atoms with Crippen LogP contribution in [0.2, 0.25) is 0 Å². The lowest BCUT2D eigenvalue weighted by Gasteiger charge is -2.09. The molecular weight excluding hydrogens is 252 g/mol. The van der Waals surface area contributed by atoms with Crippen molar-refractivity contribution in [3.8, 4) is 5.69 Å². The Labute approximate surface area is 105 Å². The highest BCUT2D eigenvalue weighted by atomic mass is 32.2. The Kier molecular flexibility index (Phi) is 2.88. The number of aromatic nitrogens is 2. The second kappa shape index (κ2) is 4.11. The molecule has 0 aliphatic heterocycles. The molecule has 1 aromatic heterocycles. The molecule has 0 spiro atoms. The minimum atomic E-state index is -3.74. The number of nitrogens with zero attached hydrogens (tertiary/aromatic N) is 2. The van der Waals surface area contributed by atoms with E-state index in [2.05, 4.69) is 5.10 Å². The Morgan fingerprint density at radius 2 is 1.89 bits per heavy atom. The molecule has 4 N–H and O–H groups in total. The second-order valence-electron chi connectivity index (χ2n) is 4.10. The van der Waals surface area contributed by atoms with Crippen molar-refractivity contribution in [3.63, 3.8) is 0 Å². The fraction of sp³-hybridized carbons (Fsp3) is 0.182. The smallest absolute Gasteiger partial charge is 0.238 e. The average molecular weight is 266 g/mol.